The van der Waals surface area contributed by atoms with Crippen molar-refractivity contribution in [3.8, 4) is 17.1 Å². The third kappa shape index (κ3) is 3.64. The highest BCUT2D eigenvalue weighted by Crippen LogP contribution is 2.32. The van der Waals surface area contributed by atoms with Crippen LogP contribution in [0.25, 0.3) is 17.1 Å². The van der Waals surface area contributed by atoms with E-state index in [2.05, 4.69) is 98.3 Å². The summed E-state index contributed by atoms with van der Waals surface area (Å²) in [6, 6.07) is 6.33. The molecule has 0 radical (unpaired) electrons. The number of rotatable bonds is 2. The van der Waals surface area contributed by atoms with E-state index in [0.29, 0.717) is 0 Å². The summed E-state index contributed by atoms with van der Waals surface area (Å²) in [4.78, 5) is 9.17. The molecule has 2 heterocycles. The van der Waals surface area contributed by atoms with Gasteiger partial charge in [-0.1, -0.05) is 59.7 Å². The zero-order valence-electron chi connectivity index (χ0n) is 17.6. The number of benzene rings is 1. The van der Waals surface area contributed by atoms with E-state index in [1.54, 1.807) is 0 Å². The van der Waals surface area contributed by atoms with E-state index >= 15 is 0 Å². The highest BCUT2D eigenvalue weighted by Gasteiger charge is 2.27. The lowest BCUT2D eigenvalue weighted by molar-refractivity contribution is 0.533. The molecule has 0 amide bonds. The van der Waals surface area contributed by atoms with Crippen LogP contribution in [-0.4, -0.2) is 24.7 Å². The van der Waals surface area contributed by atoms with Gasteiger partial charge in [0.05, 0.1) is 11.3 Å². The molecular formula is C22H29N5. The first kappa shape index (κ1) is 19.2. The van der Waals surface area contributed by atoms with Crippen molar-refractivity contribution in [1.29, 1.82) is 0 Å². The van der Waals surface area contributed by atoms with Crippen molar-refractivity contribution < 1.29 is 0 Å². The normalized spacial score (nSPS) is 12.4. The predicted octanol–water partition coefficient (Wildman–Crippen LogP) is 4.94. The molecule has 0 unspecified atom stereocenters. The number of hydrogen-bond donors (Lipinski definition) is 0. The van der Waals surface area contributed by atoms with E-state index in [9.17, 15) is 0 Å². The molecule has 0 saturated heterocycles. The molecule has 0 aliphatic carbocycles. The summed E-state index contributed by atoms with van der Waals surface area (Å²) in [7, 11) is 0. The Labute approximate surface area is 161 Å². The summed E-state index contributed by atoms with van der Waals surface area (Å²) >= 11 is 0. The van der Waals surface area contributed by atoms with E-state index in [-0.39, 0.29) is 10.8 Å². The largest absolute Gasteiger partial charge is 0.278 e. The predicted molar refractivity (Wildman–Crippen MR) is 109 cm³/mol. The Kier molecular flexibility index (Phi) is 4.66. The highest BCUT2D eigenvalue weighted by molar-refractivity contribution is 5.60. The Morgan fingerprint density at radius 2 is 1.33 bits per heavy atom. The van der Waals surface area contributed by atoms with Crippen LogP contribution in [0.3, 0.4) is 0 Å². The van der Waals surface area contributed by atoms with Crippen LogP contribution in [0.5, 0.6) is 0 Å². The maximum atomic E-state index is 4.59. The number of nitrogens with zero attached hydrogens (tertiary/aromatic N) is 5. The molecule has 0 fully saturated rings. The second-order valence-electron chi connectivity index (χ2n) is 9.22. The van der Waals surface area contributed by atoms with Crippen LogP contribution < -0.4 is 0 Å². The smallest absolute Gasteiger partial charge is 0.171 e. The fourth-order valence-corrected chi connectivity index (χ4v) is 3.16. The van der Waals surface area contributed by atoms with Crippen molar-refractivity contribution in [2.75, 3.05) is 0 Å². The Bertz CT molecular complexity index is 934. The minimum absolute atomic E-state index is 0.0879. The summed E-state index contributed by atoms with van der Waals surface area (Å²) in [5.41, 5.74) is 4.14. The minimum Gasteiger partial charge on any atom is -0.278 e. The number of aromatic nitrogens is 5. The van der Waals surface area contributed by atoms with Crippen LogP contribution in [0.1, 0.15) is 64.3 Å². The van der Waals surface area contributed by atoms with Gasteiger partial charge in [-0.05, 0) is 25.0 Å². The van der Waals surface area contributed by atoms with Crippen molar-refractivity contribution in [1.82, 2.24) is 24.7 Å². The summed E-state index contributed by atoms with van der Waals surface area (Å²) in [6.45, 7) is 17.0. The molecule has 0 aliphatic rings. The zero-order chi connectivity index (χ0) is 20.0. The molecule has 142 valence electrons. The summed E-state index contributed by atoms with van der Waals surface area (Å²) in [5.74, 6) is 2.52. The van der Waals surface area contributed by atoms with Crippen molar-refractivity contribution in [3.63, 3.8) is 0 Å². The van der Waals surface area contributed by atoms with Gasteiger partial charge in [0, 0.05) is 23.2 Å². The molecule has 0 bridgehead atoms. The first-order valence-corrected chi connectivity index (χ1v) is 9.35. The topological polar surface area (TPSA) is 56.5 Å². The number of para-hydroxylation sites is 1. The van der Waals surface area contributed by atoms with Crippen LogP contribution in [-0.2, 0) is 10.8 Å². The molecule has 3 aromatic rings. The molecule has 27 heavy (non-hydrogen) atoms. The average molecular weight is 364 g/mol. The lowest BCUT2D eigenvalue weighted by Gasteiger charge is -2.22. The van der Waals surface area contributed by atoms with Gasteiger partial charge < -0.3 is 0 Å². The van der Waals surface area contributed by atoms with Crippen molar-refractivity contribution in [2.24, 2.45) is 0 Å². The summed E-state index contributed by atoms with van der Waals surface area (Å²) < 4.78 is 2.17. The quantitative estimate of drug-likeness (QED) is 0.647. The summed E-state index contributed by atoms with van der Waals surface area (Å²) in [6.07, 6.45) is 3.71. The Balaban J connectivity index is 2.25. The second kappa shape index (κ2) is 6.55. The Morgan fingerprint density at radius 3 is 1.81 bits per heavy atom. The van der Waals surface area contributed by atoms with Gasteiger partial charge in [-0.15, -0.1) is 10.2 Å². The molecule has 0 N–H and O–H groups in total. The molecule has 0 spiro atoms. The molecule has 0 saturated carbocycles. The molecule has 0 aliphatic heterocycles. The van der Waals surface area contributed by atoms with Crippen LogP contribution in [0.15, 0.2) is 30.6 Å². The lowest BCUT2D eigenvalue weighted by Crippen LogP contribution is -2.20. The fourth-order valence-electron chi connectivity index (χ4n) is 3.16. The van der Waals surface area contributed by atoms with Gasteiger partial charge >= 0.3 is 0 Å². The van der Waals surface area contributed by atoms with E-state index in [0.717, 1.165) is 28.7 Å². The van der Waals surface area contributed by atoms with E-state index in [1.807, 2.05) is 12.4 Å². The van der Waals surface area contributed by atoms with Gasteiger partial charge in [0.15, 0.2) is 5.82 Å². The first-order chi connectivity index (χ1) is 12.5. The standard InChI is InChI=1S/C22H29N5/c1-14-10-9-11-15(2)17(14)27-18(25-26-20(27)22(6,7)8)16-12-23-19(24-13-16)21(3,4)5/h9-13H,1-8H3. The van der Waals surface area contributed by atoms with Crippen molar-refractivity contribution in [3.05, 3.63) is 53.4 Å². The van der Waals surface area contributed by atoms with Crippen LogP contribution in [0, 0.1) is 13.8 Å². The molecule has 2 aromatic heterocycles. The van der Waals surface area contributed by atoms with Gasteiger partial charge in [-0.3, -0.25) is 4.57 Å². The maximum absolute atomic E-state index is 4.59. The van der Waals surface area contributed by atoms with Gasteiger partial charge in [0.25, 0.3) is 0 Å². The van der Waals surface area contributed by atoms with E-state index in [4.69, 9.17) is 0 Å². The van der Waals surface area contributed by atoms with Crippen LogP contribution in [0.2, 0.25) is 0 Å². The van der Waals surface area contributed by atoms with Gasteiger partial charge in [-0.2, -0.15) is 0 Å². The molecule has 5 nitrogen and oxygen atoms in total. The third-order valence-corrected chi connectivity index (χ3v) is 4.58. The van der Waals surface area contributed by atoms with E-state index in [1.165, 1.54) is 11.1 Å². The Morgan fingerprint density at radius 1 is 0.778 bits per heavy atom. The third-order valence-electron chi connectivity index (χ3n) is 4.58. The SMILES string of the molecule is Cc1cccc(C)c1-n1c(-c2cnc(C(C)(C)C)nc2)nnc1C(C)(C)C. The Hall–Kier alpha value is -2.56. The number of aryl methyl sites for hydroxylation is 2. The van der Waals surface area contributed by atoms with E-state index < -0.39 is 0 Å². The lowest BCUT2D eigenvalue weighted by atomic mass is 9.95. The molecular weight excluding hydrogens is 334 g/mol. The first-order valence-electron chi connectivity index (χ1n) is 9.35. The fraction of sp³-hybridized carbons (Fsp3) is 0.455. The van der Waals surface area contributed by atoms with Crippen LogP contribution >= 0.6 is 0 Å². The van der Waals surface area contributed by atoms with Gasteiger partial charge in [0.1, 0.15) is 11.6 Å². The number of hydrogen-bond acceptors (Lipinski definition) is 4. The molecule has 3 rings (SSSR count). The highest BCUT2D eigenvalue weighted by atomic mass is 15.3. The van der Waals surface area contributed by atoms with Gasteiger partial charge in [0.2, 0.25) is 0 Å². The zero-order valence-corrected chi connectivity index (χ0v) is 17.6. The average Bonchev–Trinajstić information content (AvgIpc) is 2.99. The van der Waals surface area contributed by atoms with Gasteiger partial charge in [-0.25, -0.2) is 9.97 Å². The second-order valence-corrected chi connectivity index (χ2v) is 9.22. The minimum atomic E-state index is -0.147. The molecule has 0 atom stereocenters. The maximum Gasteiger partial charge on any atom is 0.171 e. The van der Waals surface area contributed by atoms with Crippen molar-refractivity contribution in [2.45, 2.75) is 66.2 Å². The summed E-state index contributed by atoms with van der Waals surface area (Å²) in [5, 5.41) is 9.09. The monoisotopic (exact) mass is 363 g/mol. The molecule has 5 heteroatoms. The van der Waals surface area contributed by atoms with Crippen LogP contribution in [0.4, 0.5) is 0 Å². The van der Waals surface area contributed by atoms with Crippen molar-refractivity contribution >= 4 is 0 Å². The molecule has 1 aromatic carbocycles.